The molecular formula is C9H6ClIN4O. The Morgan fingerprint density at radius 2 is 2.31 bits per heavy atom. The minimum atomic E-state index is -1.30. The summed E-state index contributed by atoms with van der Waals surface area (Å²) in [5, 5.41) is 7.63. The van der Waals surface area contributed by atoms with Crippen molar-refractivity contribution >= 4 is 45.8 Å². The van der Waals surface area contributed by atoms with Crippen LogP contribution in [0, 0.1) is 10.1 Å². The van der Waals surface area contributed by atoms with E-state index in [1.54, 1.807) is 18.2 Å². The van der Waals surface area contributed by atoms with Crippen molar-refractivity contribution in [2.24, 2.45) is 16.0 Å². The third-order valence-electron chi connectivity index (χ3n) is 1.56. The lowest BCUT2D eigenvalue weighted by molar-refractivity contribution is -0.118. The quantitative estimate of drug-likeness (QED) is 0.509. The first kappa shape index (κ1) is 12.9. The second kappa shape index (κ2) is 5.77. The molecule has 82 valence electrons. The maximum Gasteiger partial charge on any atom is 0.409 e. The van der Waals surface area contributed by atoms with Gasteiger partial charge in [0.1, 0.15) is 5.69 Å². The molecule has 0 radical (unpaired) electrons. The fraction of sp³-hybridized carbons (Fsp3) is 0.111. The molecule has 0 saturated heterocycles. The molecule has 1 aromatic rings. The van der Waals surface area contributed by atoms with Gasteiger partial charge in [0, 0.05) is 3.57 Å². The first-order chi connectivity index (χ1) is 7.54. The monoisotopic (exact) mass is 348 g/mol. The van der Waals surface area contributed by atoms with E-state index >= 15 is 0 Å². The van der Waals surface area contributed by atoms with E-state index in [0.29, 0.717) is 10.7 Å². The Hall–Kier alpha value is -1.20. The van der Waals surface area contributed by atoms with Crippen LogP contribution in [0.4, 0.5) is 5.69 Å². The van der Waals surface area contributed by atoms with Gasteiger partial charge in [0.2, 0.25) is 0 Å². The van der Waals surface area contributed by atoms with Gasteiger partial charge >= 0.3 is 12.1 Å². The number of primary amides is 1. The van der Waals surface area contributed by atoms with Gasteiger partial charge in [-0.3, -0.25) is 9.64 Å². The fourth-order valence-electron chi connectivity index (χ4n) is 0.826. The van der Waals surface area contributed by atoms with E-state index in [1.807, 2.05) is 0 Å². The molecule has 0 spiro atoms. The fourth-order valence-corrected chi connectivity index (χ4v) is 1.72. The van der Waals surface area contributed by atoms with Crippen molar-refractivity contribution in [3.05, 3.63) is 38.2 Å². The summed E-state index contributed by atoms with van der Waals surface area (Å²) in [5.41, 5.74) is 5.33. The minimum Gasteiger partial charge on any atom is -0.361 e. The van der Waals surface area contributed by atoms with E-state index in [0.717, 1.165) is 3.57 Å². The molecule has 0 aliphatic heterocycles. The predicted octanol–water partition coefficient (Wildman–Crippen LogP) is 2.76. The zero-order valence-electron chi connectivity index (χ0n) is 7.89. The Balaban J connectivity index is 2.92. The SMILES string of the molecule is [C-]#[N+]C(N=Nc1ccc(I)cc1Cl)C(N)=O. The van der Waals surface area contributed by atoms with Gasteiger partial charge in [0.05, 0.1) is 5.02 Å². The van der Waals surface area contributed by atoms with E-state index in [1.165, 1.54) is 0 Å². The van der Waals surface area contributed by atoms with E-state index < -0.39 is 12.1 Å². The number of hydrogen-bond acceptors (Lipinski definition) is 3. The number of carbonyl (C=O) groups is 1. The summed E-state index contributed by atoms with van der Waals surface area (Å²) in [6.45, 7) is 6.68. The summed E-state index contributed by atoms with van der Waals surface area (Å²) in [5.74, 6) is -0.833. The molecule has 0 aliphatic rings. The molecule has 0 aliphatic carbocycles. The number of azo groups is 1. The van der Waals surface area contributed by atoms with Gasteiger partial charge < -0.3 is 5.73 Å². The number of rotatable bonds is 3. The molecule has 1 rings (SSSR count). The number of nitrogens with two attached hydrogens (primary N) is 1. The molecule has 16 heavy (non-hydrogen) atoms. The van der Waals surface area contributed by atoms with Crippen molar-refractivity contribution in [1.82, 2.24) is 0 Å². The predicted molar refractivity (Wildman–Crippen MR) is 68.3 cm³/mol. The first-order valence-electron chi connectivity index (χ1n) is 4.06. The van der Waals surface area contributed by atoms with Crippen LogP contribution < -0.4 is 5.73 Å². The minimum absolute atomic E-state index is 0.400. The van der Waals surface area contributed by atoms with E-state index in [9.17, 15) is 4.79 Å². The highest BCUT2D eigenvalue weighted by molar-refractivity contribution is 14.1. The number of hydrogen-bond donors (Lipinski definition) is 1. The molecular weight excluding hydrogens is 342 g/mol. The van der Waals surface area contributed by atoms with Crippen molar-refractivity contribution in [3.63, 3.8) is 0 Å². The molecule has 1 unspecified atom stereocenters. The molecule has 1 aromatic carbocycles. The van der Waals surface area contributed by atoms with Crippen LogP contribution in [0.5, 0.6) is 0 Å². The van der Waals surface area contributed by atoms with Crippen molar-refractivity contribution in [2.75, 3.05) is 0 Å². The third-order valence-corrected chi connectivity index (χ3v) is 2.54. The standard InChI is InChI=1S/C9H6ClIN4O/c1-13-9(8(12)16)15-14-7-3-2-5(11)4-6(7)10/h2-4,9H,(H2,12,16). The van der Waals surface area contributed by atoms with Gasteiger partial charge in [-0.1, -0.05) is 16.7 Å². The molecule has 1 amide bonds. The zero-order valence-corrected chi connectivity index (χ0v) is 10.8. The van der Waals surface area contributed by atoms with Crippen molar-refractivity contribution in [2.45, 2.75) is 6.17 Å². The largest absolute Gasteiger partial charge is 0.409 e. The highest BCUT2D eigenvalue weighted by atomic mass is 127. The second-order valence-electron chi connectivity index (χ2n) is 2.72. The number of halogens is 2. The maximum atomic E-state index is 10.7. The maximum absolute atomic E-state index is 10.7. The van der Waals surface area contributed by atoms with Gasteiger partial charge in [0.25, 0.3) is 0 Å². The number of benzene rings is 1. The zero-order chi connectivity index (χ0) is 12.1. The van der Waals surface area contributed by atoms with Crippen LogP contribution in [0.3, 0.4) is 0 Å². The molecule has 0 aromatic heterocycles. The normalized spacial score (nSPS) is 12.3. The highest BCUT2D eigenvalue weighted by Gasteiger charge is 2.18. The molecule has 0 fully saturated rings. The van der Waals surface area contributed by atoms with Crippen molar-refractivity contribution in [3.8, 4) is 0 Å². The lowest BCUT2D eigenvalue weighted by atomic mass is 10.3. The number of carbonyl (C=O) groups excluding carboxylic acids is 1. The van der Waals surface area contributed by atoms with E-state index in [2.05, 4.69) is 37.7 Å². The van der Waals surface area contributed by atoms with Gasteiger partial charge in [-0.15, -0.1) is 5.11 Å². The first-order valence-corrected chi connectivity index (χ1v) is 5.52. The summed E-state index contributed by atoms with van der Waals surface area (Å²) >= 11 is 7.99. The summed E-state index contributed by atoms with van der Waals surface area (Å²) in [6, 6.07) is 5.14. The summed E-state index contributed by atoms with van der Waals surface area (Å²) in [7, 11) is 0. The topological polar surface area (TPSA) is 72.2 Å². The molecule has 1 atom stereocenters. The highest BCUT2D eigenvalue weighted by Crippen LogP contribution is 2.26. The lowest BCUT2D eigenvalue weighted by Crippen LogP contribution is -2.23. The molecule has 0 saturated carbocycles. The second-order valence-corrected chi connectivity index (χ2v) is 4.37. The Bertz CT molecular complexity index is 483. The van der Waals surface area contributed by atoms with Crippen LogP contribution in [0.1, 0.15) is 0 Å². The number of nitrogens with zero attached hydrogens (tertiary/aromatic N) is 3. The van der Waals surface area contributed by atoms with Crippen molar-refractivity contribution < 1.29 is 4.79 Å². The Morgan fingerprint density at radius 3 is 2.81 bits per heavy atom. The Kier molecular flexibility index (Phi) is 4.64. The summed E-state index contributed by atoms with van der Waals surface area (Å²) < 4.78 is 0.957. The van der Waals surface area contributed by atoms with Gasteiger partial charge in [-0.05, 0) is 40.8 Å². The van der Waals surface area contributed by atoms with Crippen LogP contribution in [-0.4, -0.2) is 12.1 Å². The van der Waals surface area contributed by atoms with Gasteiger partial charge in [0.15, 0.2) is 0 Å². The number of amides is 1. The molecule has 5 nitrogen and oxygen atoms in total. The van der Waals surface area contributed by atoms with E-state index in [4.69, 9.17) is 23.9 Å². The molecule has 7 heteroatoms. The molecule has 0 bridgehead atoms. The van der Waals surface area contributed by atoms with Crippen LogP contribution in [0.25, 0.3) is 4.85 Å². The lowest BCUT2D eigenvalue weighted by Gasteiger charge is -1.97. The van der Waals surface area contributed by atoms with Crippen LogP contribution in [0.15, 0.2) is 28.4 Å². The molecule has 2 N–H and O–H groups in total. The third kappa shape index (κ3) is 3.43. The van der Waals surface area contributed by atoms with E-state index in [-0.39, 0.29) is 0 Å². The molecule has 0 heterocycles. The Labute approximate surface area is 111 Å². The van der Waals surface area contributed by atoms with Crippen LogP contribution in [-0.2, 0) is 4.79 Å². The van der Waals surface area contributed by atoms with Gasteiger partial charge in [-0.25, -0.2) is 6.57 Å². The summed E-state index contributed by atoms with van der Waals surface area (Å²) in [6.07, 6.45) is -1.30. The van der Waals surface area contributed by atoms with Crippen molar-refractivity contribution in [1.29, 1.82) is 0 Å². The average molecular weight is 349 g/mol. The Morgan fingerprint density at radius 1 is 1.62 bits per heavy atom. The van der Waals surface area contributed by atoms with Gasteiger partial charge in [-0.2, -0.15) is 0 Å². The van der Waals surface area contributed by atoms with Crippen LogP contribution >= 0.6 is 34.2 Å². The smallest absolute Gasteiger partial charge is 0.361 e. The van der Waals surface area contributed by atoms with Crippen LogP contribution in [0.2, 0.25) is 5.02 Å². The summed E-state index contributed by atoms with van der Waals surface area (Å²) in [4.78, 5) is 13.6. The average Bonchev–Trinajstić information content (AvgIpc) is 2.21.